The van der Waals surface area contributed by atoms with Crippen molar-refractivity contribution < 1.29 is 9.53 Å². The van der Waals surface area contributed by atoms with Gasteiger partial charge in [-0.05, 0) is 44.4 Å². The van der Waals surface area contributed by atoms with Gasteiger partial charge in [0.2, 0.25) is 0 Å². The van der Waals surface area contributed by atoms with Crippen molar-refractivity contribution in [3.05, 3.63) is 30.3 Å². The molecule has 1 aromatic carbocycles. The minimum atomic E-state index is 0.0162. The van der Waals surface area contributed by atoms with Crippen molar-refractivity contribution in [3.63, 3.8) is 0 Å². The van der Waals surface area contributed by atoms with Crippen LogP contribution in [0, 0.1) is 11.8 Å². The maximum absolute atomic E-state index is 13.4. The molecular weight excluding hydrogens is 378 g/mol. The standard InChI is InChI=1S/C23H35N5O2/c1-25-21-9-8-18(30-2)14-19(21)20-15-24-28(23(29)22(20)25)16-26-10-12-27(13-11-26)17-6-4-3-5-7-17/h3-7,18-22,24H,8-16H2,1-2H3. The van der Waals surface area contributed by atoms with E-state index in [0.717, 1.165) is 52.0 Å². The Morgan fingerprint density at radius 2 is 1.83 bits per heavy atom. The average Bonchev–Trinajstić information content (AvgIpc) is 3.08. The second-order valence-electron chi connectivity index (χ2n) is 9.39. The number of anilines is 1. The maximum Gasteiger partial charge on any atom is 0.255 e. The number of ether oxygens (including phenoxy) is 1. The summed E-state index contributed by atoms with van der Waals surface area (Å²) in [5.74, 6) is 1.21. The third-order valence-corrected chi connectivity index (χ3v) is 7.94. The molecule has 30 heavy (non-hydrogen) atoms. The summed E-state index contributed by atoms with van der Waals surface area (Å²) < 4.78 is 5.66. The predicted molar refractivity (Wildman–Crippen MR) is 117 cm³/mol. The number of rotatable bonds is 4. The van der Waals surface area contributed by atoms with Crippen molar-refractivity contribution in [2.45, 2.75) is 37.5 Å². The Balaban J connectivity index is 1.19. The lowest BCUT2D eigenvalue weighted by Gasteiger charge is -2.42. The number of para-hydroxylation sites is 1. The van der Waals surface area contributed by atoms with Crippen molar-refractivity contribution in [1.82, 2.24) is 20.2 Å². The molecule has 0 aromatic heterocycles. The highest BCUT2D eigenvalue weighted by atomic mass is 16.5. The molecule has 5 atom stereocenters. The maximum atomic E-state index is 13.4. The highest BCUT2D eigenvalue weighted by molar-refractivity contribution is 5.83. The Morgan fingerprint density at radius 3 is 2.57 bits per heavy atom. The lowest BCUT2D eigenvalue weighted by Crippen LogP contribution is -2.63. The molecule has 4 fully saturated rings. The highest BCUT2D eigenvalue weighted by Gasteiger charge is 2.54. The lowest BCUT2D eigenvalue weighted by atomic mass is 9.76. The van der Waals surface area contributed by atoms with Crippen LogP contribution in [0.3, 0.4) is 0 Å². The number of nitrogens with zero attached hydrogens (tertiary/aromatic N) is 4. The molecule has 1 aliphatic carbocycles. The van der Waals surface area contributed by atoms with E-state index in [1.807, 2.05) is 12.1 Å². The van der Waals surface area contributed by atoms with Gasteiger partial charge in [-0.1, -0.05) is 18.2 Å². The summed E-state index contributed by atoms with van der Waals surface area (Å²) in [4.78, 5) is 20.6. The Hall–Kier alpha value is -1.67. The topological polar surface area (TPSA) is 51.3 Å². The molecule has 0 spiro atoms. The normalized spacial score (nSPS) is 35.4. The van der Waals surface area contributed by atoms with Crippen LogP contribution in [0.15, 0.2) is 30.3 Å². The molecule has 164 valence electrons. The van der Waals surface area contributed by atoms with E-state index in [1.54, 1.807) is 0 Å². The molecular formula is C23H35N5O2. The monoisotopic (exact) mass is 413 g/mol. The van der Waals surface area contributed by atoms with Gasteiger partial charge < -0.3 is 9.64 Å². The van der Waals surface area contributed by atoms with Crippen LogP contribution in [0.5, 0.6) is 0 Å². The van der Waals surface area contributed by atoms with E-state index in [-0.39, 0.29) is 11.9 Å². The van der Waals surface area contributed by atoms with E-state index in [0.29, 0.717) is 30.7 Å². The Kier molecular flexibility index (Phi) is 5.71. The zero-order valence-electron chi connectivity index (χ0n) is 18.2. The number of hydrogen-bond donors (Lipinski definition) is 1. The number of methoxy groups -OCH3 is 1. The number of likely N-dealkylation sites (N-methyl/N-ethyl adjacent to an activating group) is 1. The van der Waals surface area contributed by atoms with Crippen LogP contribution in [0.25, 0.3) is 0 Å². The van der Waals surface area contributed by atoms with Gasteiger partial charge in [-0.15, -0.1) is 0 Å². The SMILES string of the molecule is COC1CCC2C(C1)C1CNN(CN3CCN(c4ccccc4)CC3)C(=O)C1N2C. The summed E-state index contributed by atoms with van der Waals surface area (Å²) in [6.45, 7) is 5.52. The van der Waals surface area contributed by atoms with Crippen LogP contribution in [0.4, 0.5) is 5.69 Å². The van der Waals surface area contributed by atoms with Crippen LogP contribution in [0.1, 0.15) is 19.3 Å². The molecule has 7 nitrogen and oxygen atoms in total. The van der Waals surface area contributed by atoms with Crippen molar-refractivity contribution in [2.24, 2.45) is 11.8 Å². The van der Waals surface area contributed by atoms with Crippen LogP contribution in [-0.2, 0) is 9.53 Å². The van der Waals surface area contributed by atoms with Gasteiger partial charge in [0, 0.05) is 57.5 Å². The minimum Gasteiger partial charge on any atom is -0.381 e. The molecule has 1 aromatic rings. The molecule has 7 heteroatoms. The summed E-state index contributed by atoms with van der Waals surface area (Å²) >= 11 is 0. The molecule has 3 aliphatic heterocycles. The lowest BCUT2D eigenvalue weighted by molar-refractivity contribution is -0.148. The predicted octanol–water partition coefficient (Wildman–Crippen LogP) is 1.23. The fourth-order valence-electron chi connectivity index (χ4n) is 6.25. The molecule has 0 radical (unpaired) electrons. The summed E-state index contributed by atoms with van der Waals surface area (Å²) in [5.41, 5.74) is 4.77. The average molecular weight is 414 g/mol. The molecule has 1 N–H and O–H groups in total. The second-order valence-corrected chi connectivity index (χ2v) is 9.39. The minimum absolute atomic E-state index is 0.0162. The van der Waals surface area contributed by atoms with Crippen LogP contribution in [-0.4, -0.2) is 92.5 Å². The summed E-state index contributed by atoms with van der Waals surface area (Å²) in [5, 5.41) is 1.89. The summed E-state index contributed by atoms with van der Waals surface area (Å²) in [7, 11) is 3.99. The van der Waals surface area contributed by atoms with Gasteiger partial charge in [-0.3, -0.25) is 19.6 Å². The number of likely N-dealkylation sites (tertiary alicyclic amines) is 1. The molecule has 3 saturated heterocycles. The van der Waals surface area contributed by atoms with E-state index < -0.39 is 0 Å². The van der Waals surface area contributed by atoms with Crippen LogP contribution in [0.2, 0.25) is 0 Å². The quantitative estimate of drug-likeness (QED) is 0.801. The highest BCUT2D eigenvalue weighted by Crippen LogP contribution is 2.44. The molecule has 1 saturated carbocycles. The van der Waals surface area contributed by atoms with Gasteiger partial charge in [-0.25, -0.2) is 5.43 Å². The van der Waals surface area contributed by atoms with E-state index in [9.17, 15) is 4.79 Å². The van der Waals surface area contributed by atoms with Gasteiger partial charge in [0.1, 0.15) is 0 Å². The summed E-state index contributed by atoms with van der Waals surface area (Å²) in [6.07, 6.45) is 3.69. The van der Waals surface area contributed by atoms with Gasteiger partial charge in [0.25, 0.3) is 5.91 Å². The van der Waals surface area contributed by atoms with Gasteiger partial charge in [0.15, 0.2) is 0 Å². The van der Waals surface area contributed by atoms with E-state index in [4.69, 9.17) is 4.74 Å². The Morgan fingerprint density at radius 1 is 1.07 bits per heavy atom. The van der Waals surface area contributed by atoms with E-state index >= 15 is 0 Å². The first-order chi connectivity index (χ1) is 14.7. The zero-order valence-corrected chi connectivity index (χ0v) is 18.2. The molecule has 5 unspecified atom stereocenters. The number of carbonyl (C=O) groups is 1. The summed E-state index contributed by atoms with van der Waals surface area (Å²) in [6, 6.07) is 11.1. The first kappa shape index (κ1) is 20.2. The fraction of sp³-hybridized carbons (Fsp3) is 0.696. The number of carbonyl (C=O) groups excluding carboxylic acids is 1. The number of nitrogens with one attached hydrogen (secondary N) is 1. The van der Waals surface area contributed by atoms with Crippen LogP contribution < -0.4 is 10.3 Å². The molecule has 3 heterocycles. The smallest absolute Gasteiger partial charge is 0.255 e. The van der Waals surface area contributed by atoms with Gasteiger partial charge in [-0.2, -0.15) is 0 Å². The number of hydrazine groups is 1. The third-order valence-electron chi connectivity index (χ3n) is 7.94. The van der Waals surface area contributed by atoms with Gasteiger partial charge >= 0.3 is 0 Å². The van der Waals surface area contributed by atoms with E-state index in [2.05, 4.69) is 57.5 Å². The van der Waals surface area contributed by atoms with Crippen LogP contribution >= 0.6 is 0 Å². The van der Waals surface area contributed by atoms with E-state index in [1.165, 1.54) is 5.69 Å². The number of fused-ring (bicyclic) bond motifs is 3. The zero-order chi connectivity index (χ0) is 20.7. The molecule has 5 rings (SSSR count). The fourth-order valence-corrected chi connectivity index (χ4v) is 6.25. The Bertz CT molecular complexity index is 738. The number of hydrogen-bond acceptors (Lipinski definition) is 6. The van der Waals surface area contributed by atoms with Crippen molar-refractivity contribution in [3.8, 4) is 0 Å². The molecule has 4 aliphatic rings. The number of piperazine rings is 1. The first-order valence-electron chi connectivity index (χ1n) is 11.5. The first-order valence-corrected chi connectivity index (χ1v) is 11.5. The van der Waals surface area contributed by atoms with Gasteiger partial charge in [0.05, 0.1) is 18.8 Å². The Labute approximate surface area is 179 Å². The number of benzene rings is 1. The number of amides is 1. The largest absolute Gasteiger partial charge is 0.381 e. The third kappa shape index (κ3) is 3.62. The van der Waals surface area contributed by atoms with Crippen molar-refractivity contribution >= 4 is 11.6 Å². The van der Waals surface area contributed by atoms with Crippen molar-refractivity contribution in [2.75, 3.05) is 58.4 Å². The second kappa shape index (κ2) is 8.46. The molecule has 0 bridgehead atoms. The molecule has 1 amide bonds. The van der Waals surface area contributed by atoms with Crippen molar-refractivity contribution in [1.29, 1.82) is 0 Å².